The van der Waals surface area contributed by atoms with Crippen molar-refractivity contribution in [3.05, 3.63) is 36.0 Å². The molecule has 2 aliphatic rings. The van der Waals surface area contributed by atoms with E-state index < -0.39 is 0 Å². The van der Waals surface area contributed by atoms with Crippen LogP contribution in [-0.2, 0) is 0 Å². The van der Waals surface area contributed by atoms with E-state index in [1.807, 2.05) is 35.4 Å². The first kappa shape index (κ1) is 15.7. The van der Waals surface area contributed by atoms with Crippen molar-refractivity contribution in [1.82, 2.24) is 14.8 Å². The van der Waals surface area contributed by atoms with E-state index in [0.717, 1.165) is 48.8 Å². The summed E-state index contributed by atoms with van der Waals surface area (Å²) in [4.78, 5) is 20.4. The number of carbonyl (C=O) groups excluding carboxylic acids is 1. The van der Waals surface area contributed by atoms with Crippen LogP contribution in [-0.4, -0.2) is 65.1 Å². The van der Waals surface area contributed by atoms with Crippen molar-refractivity contribution in [2.75, 3.05) is 33.3 Å². The van der Waals surface area contributed by atoms with Crippen molar-refractivity contribution in [2.24, 2.45) is 5.41 Å². The Morgan fingerprint density at radius 1 is 1.33 bits per heavy atom. The van der Waals surface area contributed by atoms with Crippen LogP contribution in [0.4, 0.5) is 0 Å². The number of carbonyl (C=O) groups is 1. The van der Waals surface area contributed by atoms with Crippen LogP contribution >= 0.6 is 0 Å². The Balaban J connectivity index is 1.57. The Morgan fingerprint density at radius 2 is 2.21 bits per heavy atom. The number of benzene rings is 1. The van der Waals surface area contributed by atoms with Gasteiger partial charge in [0, 0.05) is 41.8 Å². The van der Waals surface area contributed by atoms with Gasteiger partial charge in [0.1, 0.15) is 0 Å². The van der Waals surface area contributed by atoms with E-state index >= 15 is 0 Å². The number of likely N-dealkylation sites (N-methyl/N-ethyl adjacent to an activating group) is 1. The predicted octanol–water partition coefficient (Wildman–Crippen LogP) is 2.09. The van der Waals surface area contributed by atoms with E-state index in [-0.39, 0.29) is 24.0 Å². The first-order valence-electron chi connectivity index (χ1n) is 8.80. The van der Waals surface area contributed by atoms with Gasteiger partial charge in [0.2, 0.25) is 0 Å². The first-order chi connectivity index (χ1) is 11.6. The zero-order chi connectivity index (χ0) is 16.7. The summed E-state index contributed by atoms with van der Waals surface area (Å²) in [5.74, 6) is 0.0945. The van der Waals surface area contributed by atoms with E-state index in [2.05, 4.69) is 16.9 Å². The molecule has 0 aliphatic carbocycles. The van der Waals surface area contributed by atoms with Crippen LogP contribution < -0.4 is 0 Å². The number of piperidine rings is 2. The van der Waals surface area contributed by atoms with E-state index in [1.54, 1.807) is 0 Å². The predicted molar refractivity (Wildman–Crippen MR) is 94.0 cm³/mol. The number of amides is 1. The highest BCUT2D eigenvalue weighted by molar-refractivity contribution is 5.98. The fraction of sp³-hybridized carbons (Fsp3) is 0.526. The second kappa shape index (κ2) is 5.90. The van der Waals surface area contributed by atoms with Gasteiger partial charge < -0.3 is 19.9 Å². The average molecular weight is 327 g/mol. The number of hydrogen-bond donors (Lipinski definition) is 2. The van der Waals surface area contributed by atoms with Crippen molar-refractivity contribution in [3.63, 3.8) is 0 Å². The van der Waals surface area contributed by atoms with E-state index in [1.165, 1.54) is 0 Å². The van der Waals surface area contributed by atoms with Gasteiger partial charge in [-0.15, -0.1) is 0 Å². The molecule has 2 N–H and O–H groups in total. The third kappa shape index (κ3) is 2.43. The molecule has 0 bridgehead atoms. The van der Waals surface area contributed by atoms with Crippen molar-refractivity contribution in [2.45, 2.75) is 25.3 Å². The minimum Gasteiger partial charge on any atom is -0.396 e. The summed E-state index contributed by atoms with van der Waals surface area (Å²) in [6.45, 7) is 2.70. The van der Waals surface area contributed by atoms with Crippen LogP contribution in [0.15, 0.2) is 30.5 Å². The molecular formula is C19H25N3O2. The lowest BCUT2D eigenvalue weighted by atomic mass is 9.69. The van der Waals surface area contributed by atoms with Crippen LogP contribution in [0, 0.1) is 5.41 Å². The number of aromatic nitrogens is 1. The molecule has 3 heterocycles. The molecule has 4 rings (SSSR count). The maximum atomic E-state index is 13.0. The average Bonchev–Trinajstić information content (AvgIpc) is 3.09. The molecule has 2 aromatic rings. The number of aliphatic hydroxyl groups is 1. The van der Waals surface area contributed by atoms with E-state index in [9.17, 15) is 9.90 Å². The molecule has 0 saturated carbocycles. The lowest BCUT2D eigenvalue weighted by Crippen LogP contribution is -2.62. The molecule has 128 valence electrons. The lowest BCUT2D eigenvalue weighted by Gasteiger charge is -2.53. The molecule has 0 spiro atoms. The standard InChI is InChI=1S/C19H25N3O2/c1-21-9-2-6-19(13-23)7-10-22(12-17(19)21)18(24)15-4-3-14-5-8-20-16(14)11-15/h3-5,8,11,17,20,23H,2,6-7,9-10,12-13H2,1H3/t17-,19-/m1/s1. The number of hydrogen-bond acceptors (Lipinski definition) is 3. The monoisotopic (exact) mass is 327 g/mol. The number of nitrogens with zero attached hydrogens (tertiary/aromatic N) is 2. The molecule has 2 saturated heterocycles. The molecule has 2 fully saturated rings. The van der Waals surface area contributed by atoms with Crippen molar-refractivity contribution < 1.29 is 9.90 Å². The molecular weight excluding hydrogens is 302 g/mol. The van der Waals surface area contributed by atoms with E-state index in [0.29, 0.717) is 6.54 Å². The normalized spacial score (nSPS) is 28.1. The Morgan fingerprint density at radius 3 is 3.04 bits per heavy atom. The van der Waals surface area contributed by atoms with Gasteiger partial charge in [-0.05, 0) is 56.4 Å². The van der Waals surface area contributed by atoms with Gasteiger partial charge in [-0.25, -0.2) is 0 Å². The summed E-state index contributed by atoms with van der Waals surface area (Å²) in [7, 11) is 2.12. The molecule has 24 heavy (non-hydrogen) atoms. The van der Waals surface area contributed by atoms with E-state index in [4.69, 9.17) is 0 Å². The minimum atomic E-state index is -0.0345. The number of fused-ring (bicyclic) bond motifs is 2. The second-order valence-electron chi connectivity index (χ2n) is 7.40. The third-order valence-corrected chi connectivity index (χ3v) is 6.10. The van der Waals surface area contributed by atoms with Crippen LogP contribution in [0.25, 0.3) is 10.9 Å². The van der Waals surface area contributed by atoms with Gasteiger partial charge >= 0.3 is 0 Å². The largest absolute Gasteiger partial charge is 0.396 e. The maximum absolute atomic E-state index is 13.0. The van der Waals surface area contributed by atoms with Crippen molar-refractivity contribution >= 4 is 16.8 Å². The Hall–Kier alpha value is -1.85. The fourth-order valence-corrected chi connectivity index (χ4v) is 4.56. The number of likely N-dealkylation sites (tertiary alicyclic amines) is 2. The summed E-state index contributed by atoms with van der Waals surface area (Å²) < 4.78 is 0. The SMILES string of the molecule is CN1CCC[C@]2(CO)CCN(C(=O)c3ccc4cc[nH]c4c3)C[C@@H]12. The zero-order valence-corrected chi connectivity index (χ0v) is 14.2. The maximum Gasteiger partial charge on any atom is 0.253 e. The zero-order valence-electron chi connectivity index (χ0n) is 14.2. The molecule has 1 aromatic carbocycles. The van der Waals surface area contributed by atoms with Crippen molar-refractivity contribution in [3.8, 4) is 0 Å². The molecule has 5 heteroatoms. The van der Waals surface area contributed by atoms with Crippen molar-refractivity contribution in [1.29, 1.82) is 0 Å². The van der Waals surface area contributed by atoms with Gasteiger partial charge in [0.05, 0.1) is 6.61 Å². The number of aliphatic hydroxyl groups excluding tert-OH is 1. The minimum absolute atomic E-state index is 0.0345. The summed E-state index contributed by atoms with van der Waals surface area (Å²) in [5, 5.41) is 11.1. The molecule has 5 nitrogen and oxygen atoms in total. The number of rotatable bonds is 2. The quantitative estimate of drug-likeness (QED) is 0.888. The van der Waals surface area contributed by atoms with Gasteiger partial charge in [-0.2, -0.15) is 0 Å². The molecule has 1 aromatic heterocycles. The number of nitrogens with one attached hydrogen (secondary N) is 1. The number of H-pyrrole nitrogens is 1. The summed E-state index contributed by atoms with van der Waals surface area (Å²) in [5.41, 5.74) is 1.70. The van der Waals surface area contributed by atoms with Crippen LogP contribution in [0.3, 0.4) is 0 Å². The lowest BCUT2D eigenvalue weighted by molar-refractivity contribution is -0.0601. The highest BCUT2D eigenvalue weighted by Crippen LogP contribution is 2.41. The molecule has 1 amide bonds. The van der Waals surface area contributed by atoms with Gasteiger partial charge in [-0.3, -0.25) is 4.79 Å². The Bertz CT molecular complexity index is 756. The van der Waals surface area contributed by atoms with Crippen LogP contribution in [0.5, 0.6) is 0 Å². The second-order valence-corrected chi connectivity index (χ2v) is 7.40. The smallest absolute Gasteiger partial charge is 0.253 e. The molecule has 2 atom stereocenters. The first-order valence-corrected chi connectivity index (χ1v) is 8.80. The molecule has 2 aliphatic heterocycles. The summed E-state index contributed by atoms with van der Waals surface area (Å²) in [6, 6.07) is 8.11. The highest BCUT2D eigenvalue weighted by Gasteiger charge is 2.47. The molecule has 0 radical (unpaired) electrons. The van der Waals surface area contributed by atoms with Gasteiger partial charge in [-0.1, -0.05) is 6.07 Å². The van der Waals surface area contributed by atoms with Gasteiger partial charge in [0.25, 0.3) is 5.91 Å². The Kier molecular flexibility index (Phi) is 3.85. The van der Waals surface area contributed by atoms with Gasteiger partial charge in [0.15, 0.2) is 0 Å². The van der Waals surface area contributed by atoms with Crippen LogP contribution in [0.2, 0.25) is 0 Å². The highest BCUT2D eigenvalue weighted by atomic mass is 16.3. The molecule has 0 unspecified atom stereocenters. The van der Waals surface area contributed by atoms with Crippen LogP contribution in [0.1, 0.15) is 29.6 Å². The fourth-order valence-electron chi connectivity index (χ4n) is 4.56. The summed E-state index contributed by atoms with van der Waals surface area (Å²) in [6.07, 6.45) is 4.97. The number of aromatic amines is 1. The third-order valence-electron chi connectivity index (χ3n) is 6.10. The topological polar surface area (TPSA) is 59.6 Å². The summed E-state index contributed by atoms with van der Waals surface area (Å²) >= 11 is 0. The Labute approximate surface area is 142 Å².